The highest BCUT2D eigenvalue weighted by molar-refractivity contribution is 9.10. The second-order valence-electron chi connectivity index (χ2n) is 7.22. The van der Waals surface area contributed by atoms with Crippen molar-refractivity contribution in [2.24, 2.45) is 0 Å². The fourth-order valence-electron chi connectivity index (χ4n) is 3.34. The quantitative estimate of drug-likeness (QED) is 0.297. The Labute approximate surface area is 194 Å². The minimum absolute atomic E-state index is 0.532. The van der Waals surface area contributed by atoms with Crippen molar-refractivity contribution in [2.75, 3.05) is 0 Å². The lowest BCUT2D eigenvalue weighted by atomic mass is 10.2. The minimum atomic E-state index is 0.532. The highest BCUT2D eigenvalue weighted by Crippen LogP contribution is 2.21. The third-order valence-electron chi connectivity index (χ3n) is 4.95. The summed E-state index contributed by atoms with van der Waals surface area (Å²) in [6, 6.07) is 35.9. The highest BCUT2D eigenvalue weighted by Gasteiger charge is 2.23. The molecular weight excluding hydrogens is 464 g/mol. The van der Waals surface area contributed by atoms with Crippen LogP contribution in [0.1, 0.15) is 5.56 Å². The standard InChI is InChI=1S/C26H20BrN4O/c27-22-10-7-13-24(18-22)31-29-26(28-30(31)23-11-5-2-6-12-23)21-14-16-25(17-15-21)32-19-20-8-3-1-4-9-20/h1-18H,19H2/q+1. The van der Waals surface area contributed by atoms with Crippen molar-refractivity contribution in [3.63, 3.8) is 0 Å². The van der Waals surface area contributed by atoms with E-state index in [-0.39, 0.29) is 0 Å². The molecule has 0 aliphatic heterocycles. The van der Waals surface area contributed by atoms with Crippen molar-refractivity contribution < 1.29 is 9.53 Å². The number of benzene rings is 4. The summed E-state index contributed by atoms with van der Waals surface area (Å²) in [5, 5.41) is 9.59. The average Bonchev–Trinajstić information content (AvgIpc) is 3.30. The van der Waals surface area contributed by atoms with E-state index in [2.05, 4.69) is 28.1 Å². The predicted octanol–water partition coefficient (Wildman–Crippen LogP) is 5.55. The van der Waals surface area contributed by atoms with Gasteiger partial charge in [0.05, 0.1) is 10.7 Å². The Morgan fingerprint density at radius 2 is 1.50 bits per heavy atom. The number of hydrogen-bond acceptors (Lipinski definition) is 3. The van der Waals surface area contributed by atoms with Crippen LogP contribution in [0.3, 0.4) is 0 Å². The summed E-state index contributed by atoms with van der Waals surface area (Å²) < 4.78 is 6.89. The smallest absolute Gasteiger partial charge is 0.340 e. The monoisotopic (exact) mass is 483 g/mol. The molecule has 0 N–H and O–H groups in total. The summed E-state index contributed by atoms with van der Waals surface area (Å²) in [5.41, 5.74) is 3.88. The molecule has 5 rings (SSSR count). The second-order valence-corrected chi connectivity index (χ2v) is 8.13. The molecule has 0 atom stereocenters. The lowest BCUT2D eigenvalue weighted by Gasteiger charge is -2.05. The molecule has 0 spiro atoms. The summed E-state index contributed by atoms with van der Waals surface area (Å²) in [4.78, 5) is 3.60. The SMILES string of the molecule is Brc1cccc(-n2nc(-c3ccc(OCc4ccccc4)cc3)n[n+]2-c2ccccc2)c1. The number of halogens is 1. The molecule has 6 heteroatoms. The molecule has 1 aromatic heterocycles. The molecule has 0 unspecified atom stereocenters. The van der Waals surface area contributed by atoms with Crippen LogP contribution in [0.25, 0.3) is 22.8 Å². The van der Waals surface area contributed by atoms with Crippen LogP contribution >= 0.6 is 15.9 Å². The van der Waals surface area contributed by atoms with Gasteiger partial charge in [-0.1, -0.05) is 70.5 Å². The van der Waals surface area contributed by atoms with Gasteiger partial charge in [0.1, 0.15) is 18.0 Å². The molecule has 4 aromatic carbocycles. The van der Waals surface area contributed by atoms with Crippen molar-refractivity contribution in [2.45, 2.75) is 6.61 Å². The van der Waals surface area contributed by atoms with Gasteiger partial charge in [-0.2, -0.15) is 0 Å². The predicted molar refractivity (Wildman–Crippen MR) is 127 cm³/mol. The minimum Gasteiger partial charge on any atom is -0.489 e. The van der Waals surface area contributed by atoms with Crippen molar-refractivity contribution in [3.05, 3.63) is 119 Å². The summed E-state index contributed by atoms with van der Waals surface area (Å²) in [6.45, 7) is 0.532. The molecule has 0 aliphatic rings. The number of nitrogens with zero attached hydrogens (tertiary/aromatic N) is 4. The number of hydrogen-bond donors (Lipinski definition) is 0. The zero-order chi connectivity index (χ0) is 21.8. The fraction of sp³-hybridized carbons (Fsp3) is 0.0385. The number of para-hydroxylation sites is 1. The van der Waals surface area contributed by atoms with Gasteiger partial charge in [-0.05, 0) is 70.1 Å². The van der Waals surface area contributed by atoms with E-state index in [0.717, 1.165) is 32.7 Å². The average molecular weight is 484 g/mol. The number of ether oxygens (including phenoxy) is 1. The molecule has 156 valence electrons. The van der Waals surface area contributed by atoms with Crippen LogP contribution in [0.15, 0.2) is 114 Å². The largest absolute Gasteiger partial charge is 0.489 e. The van der Waals surface area contributed by atoms with Gasteiger partial charge in [0.2, 0.25) is 0 Å². The van der Waals surface area contributed by atoms with Crippen LogP contribution < -0.4 is 9.53 Å². The van der Waals surface area contributed by atoms with Gasteiger partial charge in [-0.3, -0.25) is 0 Å². The lowest BCUT2D eigenvalue weighted by Crippen LogP contribution is -2.43. The summed E-state index contributed by atoms with van der Waals surface area (Å²) in [6.07, 6.45) is 0. The zero-order valence-electron chi connectivity index (χ0n) is 17.2. The van der Waals surface area contributed by atoms with Crippen LogP contribution in [0.2, 0.25) is 0 Å². The third kappa shape index (κ3) is 4.45. The molecule has 0 aliphatic carbocycles. The molecule has 0 amide bonds. The zero-order valence-corrected chi connectivity index (χ0v) is 18.8. The van der Waals surface area contributed by atoms with Gasteiger partial charge in [0, 0.05) is 9.27 Å². The van der Waals surface area contributed by atoms with Gasteiger partial charge >= 0.3 is 5.82 Å². The first-order valence-electron chi connectivity index (χ1n) is 10.2. The maximum Gasteiger partial charge on any atom is 0.340 e. The van der Waals surface area contributed by atoms with Gasteiger partial charge in [0.15, 0.2) is 5.69 Å². The first kappa shape index (κ1) is 20.2. The van der Waals surface area contributed by atoms with E-state index < -0.39 is 0 Å². The van der Waals surface area contributed by atoms with Crippen LogP contribution in [0.4, 0.5) is 0 Å². The molecule has 0 radical (unpaired) electrons. The van der Waals surface area contributed by atoms with Crippen LogP contribution in [0.5, 0.6) is 5.75 Å². The molecule has 32 heavy (non-hydrogen) atoms. The number of rotatable bonds is 6. The molecular formula is C26H20BrN4O+. The highest BCUT2D eigenvalue weighted by atomic mass is 79.9. The molecule has 0 saturated carbocycles. The summed E-state index contributed by atoms with van der Waals surface area (Å²) in [5.74, 6) is 1.43. The van der Waals surface area contributed by atoms with Gasteiger partial charge in [0.25, 0.3) is 0 Å². The first-order chi connectivity index (χ1) is 15.8. The van der Waals surface area contributed by atoms with Gasteiger partial charge in [-0.25, -0.2) is 0 Å². The van der Waals surface area contributed by atoms with Gasteiger partial charge < -0.3 is 4.74 Å². The number of aromatic nitrogens is 4. The van der Waals surface area contributed by atoms with Crippen LogP contribution in [-0.2, 0) is 6.61 Å². The fourth-order valence-corrected chi connectivity index (χ4v) is 3.72. The van der Waals surface area contributed by atoms with E-state index in [1.165, 1.54) is 0 Å². The number of tetrazole rings is 1. The molecule has 0 fully saturated rings. The topological polar surface area (TPSA) is 43.8 Å². The van der Waals surface area contributed by atoms with E-state index in [1.807, 2.05) is 97.1 Å². The Kier molecular flexibility index (Phi) is 5.77. The Morgan fingerprint density at radius 3 is 2.22 bits per heavy atom. The molecule has 5 nitrogen and oxygen atoms in total. The third-order valence-corrected chi connectivity index (χ3v) is 5.44. The summed E-state index contributed by atoms with van der Waals surface area (Å²) >= 11 is 3.55. The van der Waals surface area contributed by atoms with E-state index in [4.69, 9.17) is 14.9 Å². The summed E-state index contributed by atoms with van der Waals surface area (Å²) in [7, 11) is 0. The van der Waals surface area contributed by atoms with E-state index >= 15 is 0 Å². The Hall–Kier alpha value is -3.77. The van der Waals surface area contributed by atoms with Crippen molar-refractivity contribution in [1.82, 2.24) is 15.0 Å². The molecule has 0 saturated heterocycles. The molecule has 5 aromatic rings. The Balaban J connectivity index is 1.46. The molecule has 1 heterocycles. The Bertz CT molecular complexity index is 1320. The van der Waals surface area contributed by atoms with Crippen molar-refractivity contribution >= 4 is 15.9 Å². The van der Waals surface area contributed by atoms with E-state index in [1.54, 1.807) is 9.59 Å². The van der Waals surface area contributed by atoms with Gasteiger partial charge in [-0.15, -0.1) is 0 Å². The van der Waals surface area contributed by atoms with Crippen molar-refractivity contribution in [3.8, 4) is 28.5 Å². The Morgan fingerprint density at radius 1 is 0.781 bits per heavy atom. The van der Waals surface area contributed by atoms with Crippen LogP contribution in [0, 0.1) is 0 Å². The second kappa shape index (κ2) is 9.16. The first-order valence-corrected chi connectivity index (χ1v) is 11.0. The lowest BCUT2D eigenvalue weighted by molar-refractivity contribution is -0.734. The normalized spacial score (nSPS) is 10.8. The maximum absolute atomic E-state index is 5.91. The molecule has 0 bridgehead atoms. The van der Waals surface area contributed by atoms with Crippen LogP contribution in [-0.4, -0.2) is 15.0 Å². The van der Waals surface area contributed by atoms with E-state index in [0.29, 0.717) is 12.4 Å². The van der Waals surface area contributed by atoms with E-state index in [9.17, 15) is 0 Å². The maximum atomic E-state index is 5.91. The van der Waals surface area contributed by atoms with Crippen molar-refractivity contribution in [1.29, 1.82) is 0 Å².